The highest BCUT2D eigenvalue weighted by Gasteiger charge is 2.48. The molecule has 1 saturated heterocycles. The normalized spacial score (nSPS) is 22.5. The first-order valence-electron chi connectivity index (χ1n) is 8.06. The van der Waals surface area contributed by atoms with Gasteiger partial charge >= 0.3 is 11.9 Å². The Balaban J connectivity index is 2.07. The standard InChI is InChI=1S/C17H21NO5/c1-4-11-7-10-8-13(21-5-2)14(22-6-3)9-12(10)16-18(11)15(19)17(20)23-16/h8-9,11,16H,4-7H2,1-3H3. The Hall–Kier alpha value is -2.24. The lowest BCUT2D eigenvalue weighted by molar-refractivity contribution is -0.149. The van der Waals surface area contributed by atoms with Gasteiger partial charge in [0.15, 0.2) is 11.5 Å². The summed E-state index contributed by atoms with van der Waals surface area (Å²) in [6, 6.07) is 3.73. The molecule has 2 unspecified atom stereocenters. The van der Waals surface area contributed by atoms with Gasteiger partial charge in [0.2, 0.25) is 6.23 Å². The van der Waals surface area contributed by atoms with Crippen molar-refractivity contribution in [1.82, 2.24) is 4.90 Å². The number of nitrogens with zero attached hydrogens (tertiary/aromatic N) is 1. The van der Waals surface area contributed by atoms with Crippen molar-refractivity contribution in [3.05, 3.63) is 23.3 Å². The zero-order valence-electron chi connectivity index (χ0n) is 13.6. The van der Waals surface area contributed by atoms with Crippen LogP contribution >= 0.6 is 0 Å². The van der Waals surface area contributed by atoms with Crippen LogP contribution in [-0.2, 0) is 20.7 Å². The van der Waals surface area contributed by atoms with Crippen LogP contribution in [0.5, 0.6) is 11.5 Å². The van der Waals surface area contributed by atoms with Crippen LogP contribution in [0.1, 0.15) is 44.5 Å². The second-order valence-corrected chi connectivity index (χ2v) is 5.60. The van der Waals surface area contributed by atoms with Crippen molar-refractivity contribution < 1.29 is 23.8 Å². The molecule has 1 amide bonds. The average molecular weight is 319 g/mol. The molecular weight excluding hydrogens is 298 g/mol. The highest BCUT2D eigenvalue weighted by Crippen LogP contribution is 2.43. The third-order valence-corrected chi connectivity index (χ3v) is 4.27. The predicted molar refractivity (Wildman–Crippen MR) is 82.2 cm³/mol. The number of amides is 1. The number of esters is 1. The molecule has 0 aromatic heterocycles. The van der Waals surface area contributed by atoms with Crippen LogP contribution in [0.25, 0.3) is 0 Å². The molecule has 0 radical (unpaired) electrons. The smallest absolute Gasteiger partial charge is 0.399 e. The van der Waals surface area contributed by atoms with E-state index >= 15 is 0 Å². The van der Waals surface area contributed by atoms with Gasteiger partial charge in [-0.15, -0.1) is 0 Å². The molecule has 2 heterocycles. The first kappa shape index (κ1) is 15.6. The molecule has 0 saturated carbocycles. The number of carbonyl (C=O) groups excluding carboxylic acids is 2. The summed E-state index contributed by atoms with van der Waals surface area (Å²) in [6.45, 7) is 6.86. The number of fused-ring (bicyclic) bond motifs is 3. The fourth-order valence-corrected chi connectivity index (χ4v) is 3.25. The molecule has 1 aromatic carbocycles. The number of ether oxygens (including phenoxy) is 3. The molecule has 3 rings (SSSR count). The van der Waals surface area contributed by atoms with Crippen LogP contribution < -0.4 is 9.47 Å². The number of hydrogen-bond donors (Lipinski definition) is 0. The van der Waals surface area contributed by atoms with Gasteiger partial charge in [0.25, 0.3) is 0 Å². The molecule has 2 aliphatic heterocycles. The van der Waals surface area contributed by atoms with Crippen LogP contribution in [0.2, 0.25) is 0 Å². The maximum atomic E-state index is 12.1. The summed E-state index contributed by atoms with van der Waals surface area (Å²) in [5.41, 5.74) is 1.84. The Labute approximate surface area is 135 Å². The van der Waals surface area contributed by atoms with Gasteiger partial charge in [-0.05, 0) is 44.4 Å². The van der Waals surface area contributed by atoms with Crippen LogP contribution in [0.15, 0.2) is 12.1 Å². The van der Waals surface area contributed by atoms with E-state index in [1.807, 2.05) is 32.9 Å². The van der Waals surface area contributed by atoms with Crippen molar-refractivity contribution in [1.29, 1.82) is 0 Å². The Kier molecular flexibility index (Phi) is 4.15. The van der Waals surface area contributed by atoms with E-state index in [4.69, 9.17) is 14.2 Å². The van der Waals surface area contributed by atoms with Crippen molar-refractivity contribution >= 4 is 11.9 Å². The van der Waals surface area contributed by atoms with Gasteiger partial charge in [-0.1, -0.05) is 6.92 Å². The minimum absolute atomic E-state index is 0.0427. The van der Waals surface area contributed by atoms with Crippen LogP contribution in [0.3, 0.4) is 0 Å². The summed E-state index contributed by atoms with van der Waals surface area (Å²) < 4.78 is 16.6. The summed E-state index contributed by atoms with van der Waals surface area (Å²) in [4.78, 5) is 25.4. The fraction of sp³-hybridized carbons (Fsp3) is 0.529. The van der Waals surface area contributed by atoms with Gasteiger partial charge in [0, 0.05) is 11.6 Å². The molecule has 2 atom stereocenters. The van der Waals surface area contributed by atoms with E-state index in [2.05, 4.69) is 0 Å². The number of hydrogen-bond acceptors (Lipinski definition) is 5. The quantitative estimate of drug-likeness (QED) is 0.615. The van der Waals surface area contributed by atoms with Crippen molar-refractivity contribution in [3.8, 4) is 11.5 Å². The molecule has 0 aliphatic carbocycles. The van der Waals surface area contributed by atoms with Crippen molar-refractivity contribution in [2.45, 2.75) is 45.9 Å². The van der Waals surface area contributed by atoms with Crippen LogP contribution in [-0.4, -0.2) is 36.0 Å². The Morgan fingerprint density at radius 3 is 2.39 bits per heavy atom. The van der Waals surface area contributed by atoms with E-state index in [1.165, 1.54) is 0 Å². The topological polar surface area (TPSA) is 65.1 Å². The summed E-state index contributed by atoms with van der Waals surface area (Å²) in [7, 11) is 0. The highest BCUT2D eigenvalue weighted by molar-refractivity contribution is 6.34. The van der Waals surface area contributed by atoms with Crippen molar-refractivity contribution in [3.63, 3.8) is 0 Å². The molecule has 6 heteroatoms. The van der Waals surface area contributed by atoms with Gasteiger partial charge in [-0.25, -0.2) is 4.79 Å². The molecule has 2 aliphatic rings. The summed E-state index contributed by atoms with van der Waals surface area (Å²) in [5.74, 6) is -0.0436. The molecule has 124 valence electrons. The largest absolute Gasteiger partial charge is 0.490 e. The van der Waals surface area contributed by atoms with E-state index in [9.17, 15) is 9.59 Å². The van der Waals surface area contributed by atoms with Crippen LogP contribution in [0.4, 0.5) is 0 Å². The maximum Gasteiger partial charge on any atom is 0.399 e. The Morgan fingerprint density at radius 1 is 1.13 bits per heavy atom. The molecule has 0 N–H and O–H groups in total. The van der Waals surface area contributed by atoms with Crippen molar-refractivity contribution in [2.75, 3.05) is 13.2 Å². The SMILES string of the molecule is CCOc1cc2c(cc1OCC)C1OC(=O)C(=O)N1C(CC)C2. The van der Waals surface area contributed by atoms with E-state index in [0.717, 1.165) is 17.5 Å². The number of benzene rings is 1. The Bertz CT molecular complexity index is 642. The molecule has 0 bridgehead atoms. The molecule has 0 spiro atoms. The van der Waals surface area contributed by atoms with Crippen LogP contribution in [0, 0.1) is 0 Å². The van der Waals surface area contributed by atoms with Gasteiger partial charge in [0.1, 0.15) is 0 Å². The van der Waals surface area contributed by atoms with E-state index in [-0.39, 0.29) is 6.04 Å². The summed E-state index contributed by atoms with van der Waals surface area (Å²) >= 11 is 0. The molecular formula is C17H21NO5. The van der Waals surface area contributed by atoms with Gasteiger partial charge in [0.05, 0.1) is 13.2 Å². The second kappa shape index (κ2) is 6.10. The number of carbonyl (C=O) groups is 2. The zero-order valence-corrected chi connectivity index (χ0v) is 13.6. The number of rotatable bonds is 5. The third-order valence-electron chi connectivity index (χ3n) is 4.27. The minimum atomic E-state index is -0.784. The van der Waals surface area contributed by atoms with E-state index in [0.29, 0.717) is 31.1 Å². The highest BCUT2D eigenvalue weighted by atomic mass is 16.6. The first-order chi connectivity index (χ1) is 11.1. The summed E-state index contributed by atoms with van der Waals surface area (Å²) in [6.07, 6.45) is 0.783. The first-order valence-corrected chi connectivity index (χ1v) is 8.06. The minimum Gasteiger partial charge on any atom is -0.490 e. The predicted octanol–water partition coefficient (Wildman–Crippen LogP) is 2.20. The second-order valence-electron chi connectivity index (χ2n) is 5.60. The lowest BCUT2D eigenvalue weighted by Crippen LogP contribution is -2.43. The molecule has 23 heavy (non-hydrogen) atoms. The fourth-order valence-electron chi connectivity index (χ4n) is 3.25. The molecule has 1 fully saturated rings. The van der Waals surface area contributed by atoms with Crippen molar-refractivity contribution in [2.24, 2.45) is 0 Å². The van der Waals surface area contributed by atoms with Gasteiger partial charge in [-0.3, -0.25) is 9.69 Å². The third kappa shape index (κ3) is 2.52. The van der Waals surface area contributed by atoms with Gasteiger partial charge < -0.3 is 14.2 Å². The molecule has 1 aromatic rings. The summed E-state index contributed by atoms with van der Waals surface area (Å²) in [5, 5.41) is 0. The van der Waals surface area contributed by atoms with E-state index < -0.39 is 18.1 Å². The zero-order chi connectivity index (χ0) is 16.6. The van der Waals surface area contributed by atoms with Gasteiger partial charge in [-0.2, -0.15) is 0 Å². The molecule has 6 nitrogen and oxygen atoms in total. The average Bonchev–Trinajstić information content (AvgIpc) is 2.84. The lowest BCUT2D eigenvalue weighted by atomic mass is 9.91. The Morgan fingerprint density at radius 2 is 1.78 bits per heavy atom. The van der Waals surface area contributed by atoms with E-state index in [1.54, 1.807) is 4.90 Å². The monoisotopic (exact) mass is 319 g/mol. The maximum absolute atomic E-state index is 12.1. The lowest BCUT2D eigenvalue weighted by Gasteiger charge is -2.36.